The predicted molar refractivity (Wildman–Crippen MR) is 73.3 cm³/mol. The summed E-state index contributed by atoms with van der Waals surface area (Å²) in [5.41, 5.74) is 1.14. The van der Waals surface area contributed by atoms with Crippen LogP contribution in [0.4, 0.5) is 0 Å². The summed E-state index contributed by atoms with van der Waals surface area (Å²) in [6.45, 7) is 4.65. The molecule has 1 rings (SSSR count). The molecule has 5 heteroatoms. The quantitative estimate of drug-likeness (QED) is 0.590. The van der Waals surface area contributed by atoms with Gasteiger partial charge in [-0.3, -0.25) is 0 Å². The van der Waals surface area contributed by atoms with Crippen LogP contribution in [0.3, 0.4) is 0 Å². The first-order chi connectivity index (χ1) is 9.33. The van der Waals surface area contributed by atoms with Crippen molar-refractivity contribution in [1.29, 1.82) is 0 Å². The molecule has 0 saturated carbocycles. The second kappa shape index (κ2) is 10.8. The van der Waals surface area contributed by atoms with E-state index in [1.54, 1.807) is 19.2 Å². The lowest BCUT2D eigenvalue weighted by molar-refractivity contribution is 0.0255. The molecule has 0 aliphatic heterocycles. The molecule has 0 amide bonds. The second-order valence-electron chi connectivity index (χ2n) is 4.06. The highest BCUT2D eigenvalue weighted by Crippen LogP contribution is 2.08. The Bertz CT molecular complexity index is 316. The minimum Gasteiger partial charge on any atom is -0.508 e. The van der Waals surface area contributed by atoms with E-state index in [1.165, 1.54) is 0 Å². The summed E-state index contributed by atoms with van der Waals surface area (Å²) >= 11 is 0. The molecule has 0 aliphatic carbocycles. The van der Waals surface area contributed by atoms with Gasteiger partial charge in [0.25, 0.3) is 0 Å². The molecule has 0 aromatic heterocycles. The molecule has 0 spiro atoms. The van der Waals surface area contributed by atoms with Gasteiger partial charge in [-0.1, -0.05) is 12.1 Å². The summed E-state index contributed by atoms with van der Waals surface area (Å²) in [5.74, 6) is 0.292. The van der Waals surface area contributed by atoms with Crippen LogP contribution in [0.15, 0.2) is 24.3 Å². The molecule has 0 aliphatic rings. The topological polar surface area (TPSA) is 60.0 Å². The van der Waals surface area contributed by atoms with Gasteiger partial charge in [0.2, 0.25) is 0 Å². The maximum Gasteiger partial charge on any atom is 0.115 e. The molecule has 0 bridgehead atoms. The first kappa shape index (κ1) is 15.9. The lowest BCUT2D eigenvalue weighted by Crippen LogP contribution is -2.20. The third kappa shape index (κ3) is 8.56. The fourth-order valence-electron chi connectivity index (χ4n) is 1.46. The first-order valence-corrected chi connectivity index (χ1v) is 6.46. The zero-order valence-electron chi connectivity index (χ0n) is 11.4. The lowest BCUT2D eigenvalue weighted by Gasteiger charge is -2.07. The maximum atomic E-state index is 9.14. The average Bonchev–Trinajstić information content (AvgIpc) is 2.43. The SMILES string of the molecule is COCCOCCOCCNCc1ccc(O)cc1. The van der Waals surface area contributed by atoms with Crippen LogP contribution < -0.4 is 5.32 Å². The van der Waals surface area contributed by atoms with Crippen LogP contribution in [-0.4, -0.2) is 51.8 Å². The van der Waals surface area contributed by atoms with E-state index in [9.17, 15) is 0 Å². The number of ether oxygens (including phenoxy) is 3. The number of methoxy groups -OCH3 is 1. The van der Waals surface area contributed by atoms with Crippen molar-refractivity contribution in [1.82, 2.24) is 5.32 Å². The molecule has 19 heavy (non-hydrogen) atoms. The van der Waals surface area contributed by atoms with Crippen LogP contribution >= 0.6 is 0 Å². The van der Waals surface area contributed by atoms with Gasteiger partial charge in [-0.2, -0.15) is 0 Å². The Morgan fingerprint density at radius 1 is 0.947 bits per heavy atom. The van der Waals surface area contributed by atoms with Crippen molar-refractivity contribution in [3.63, 3.8) is 0 Å². The fourth-order valence-corrected chi connectivity index (χ4v) is 1.46. The van der Waals surface area contributed by atoms with Gasteiger partial charge in [-0.15, -0.1) is 0 Å². The molecule has 0 radical (unpaired) electrons. The maximum absolute atomic E-state index is 9.14. The van der Waals surface area contributed by atoms with Gasteiger partial charge in [0.15, 0.2) is 0 Å². The predicted octanol–water partition coefficient (Wildman–Crippen LogP) is 1.16. The number of hydrogen-bond donors (Lipinski definition) is 2. The highest BCUT2D eigenvalue weighted by atomic mass is 16.5. The third-order valence-electron chi connectivity index (χ3n) is 2.49. The van der Waals surface area contributed by atoms with E-state index >= 15 is 0 Å². The Balaban J connectivity index is 1.87. The molecule has 0 atom stereocenters. The number of nitrogens with one attached hydrogen (secondary N) is 1. The molecule has 1 aromatic rings. The van der Waals surface area contributed by atoms with E-state index in [4.69, 9.17) is 19.3 Å². The van der Waals surface area contributed by atoms with Crippen molar-refractivity contribution < 1.29 is 19.3 Å². The minimum atomic E-state index is 0.292. The average molecular weight is 269 g/mol. The van der Waals surface area contributed by atoms with Crippen LogP contribution in [0.5, 0.6) is 5.75 Å². The van der Waals surface area contributed by atoms with E-state index in [1.807, 2.05) is 12.1 Å². The molecule has 0 heterocycles. The van der Waals surface area contributed by atoms with Crippen LogP contribution in [0.1, 0.15) is 5.56 Å². The van der Waals surface area contributed by atoms with Gasteiger partial charge in [0.05, 0.1) is 33.0 Å². The van der Waals surface area contributed by atoms with Gasteiger partial charge >= 0.3 is 0 Å². The lowest BCUT2D eigenvalue weighted by atomic mass is 10.2. The molecule has 5 nitrogen and oxygen atoms in total. The van der Waals surface area contributed by atoms with Gasteiger partial charge < -0.3 is 24.6 Å². The molecule has 0 saturated heterocycles. The molecule has 0 unspecified atom stereocenters. The highest BCUT2D eigenvalue weighted by Gasteiger charge is 1.94. The molecule has 0 fully saturated rings. The van der Waals surface area contributed by atoms with E-state index in [2.05, 4.69) is 5.32 Å². The fraction of sp³-hybridized carbons (Fsp3) is 0.571. The van der Waals surface area contributed by atoms with Gasteiger partial charge in [-0.25, -0.2) is 0 Å². The molecular weight excluding hydrogens is 246 g/mol. The normalized spacial score (nSPS) is 10.8. The second-order valence-corrected chi connectivity index (χ2v) is 4.06. The number of benzene rings is 1. The van der Waals surface area contributed by atoms with Crippen molar-refractivity contribution in [3.05, 3.63) is 29.8 Å². The van der Waals surface area contributed by atoms with E-state index < -0.39 is 0 Å². The standard InChI is InChI=1S/C14H23NO4/c1-17-8-9-19-11-10-18-7-6-15-12-13-2-4-14(16)5-3-13/h2-5,15-16H,6-12H2,1H3. The summed E-state index contributed by atoms with van der Waals surface area (Å²) in [4.78, 5) is 0. The smallest absolute Gasteiger partial charge is 0.115 e. The monoisotopic (exact) mass is 269 g/mol. The van der Waals surface area contributed by atoms with Crippen molar-refractivity contribution in [2.75, 3.05) is 46.7 Å². The Labute approximate surface area is 114 Å². The van der Waals surface area contributed by atoms with Gasteiger partial charge in [0, 0.05) is 20.2 Å². The van der Waals surface area contributed by atoms with E-state index in [0.29, 0.717) is 38.8 Å². The largest absolute Gasteiger partial charge is 0.508 e. The first-order valence-electron chi connectivity index (χ1n) is 6.46. The van der Waals surface area contributed by atoms with E-state index in [-0.39, 0.29) is 0 Å². The summed E-state index contributed by atoms with van der Waals surface area (Å²) in [5, 5.41) is 12.4. The molecule has 2 N–H and O–H groups in total. The number of aromatic hydroxyl groups is 1. The van der Waals surface area contributed by atoms with Crippen molar-refractivity contribution >= 4 is 0 Å². The van der Waals surface area contributed by atoms with Crippen molar-refractivity contribution in [2.45, 2.75) is 6.54 Å². The van der Waals surface area contributed by atoms with E-state index in [0.717, 1.165) is 18.7 Å². The van der Waals surface area contributed by atoms with Crippen LogP contribution in [0, 0.1) is 0 Å². The third-order valence-corrected chi connectivity index (χ3v) is 2.49. The summed E-state index contributed by atoms with van der Waals surface area (Å²) in [6, 6.07) is 7.16. The summed E-state index contributed by atoms with van der Waals surface area (Å²) in [6.07, 6.45) is 0. The van der Waals surface area contributed by atoms with Crippen LogP contribution in [0.25, 0.3) is 0 Å². The molecule has 108 valence electrons. The zero-order chi connectivity index (χ0) is 13.8. The Hall–Kier alpha value is -1.14. The Kier molecular flexibility index (Phi) is 9.01. The Morgan fingerprint density at radius 3 is 2.26 bits per heavy atom. The summed E-state index contributed by atoms with van der Waals surface area (Å²) < 4.78 is 15.5. The minimum absolute atomic E-state index is 0.292. The van der Waals surface area contributed by atoms with Gasteiger partial charge in [0.1, 0.15) is 5.75 Å². The molecule has 1 aromatic carbocycles. The summed E-state index contributed by atoms with van der Waals surface area (Å²) in [7, 11) is 1.65. The Morgan fingerprint density at radius 2 is 1.58 bits per heavy atom. The number of hydrogen-bond acceptors (Lipinski definition) is 5. The highest BCUT2D eigenvalue weighted by molar-refractivity contribution is 5.25. The number of phenols is 1. The van der Waals surface area contributed by atoms with Crippen molar-refractivity contribution in [2.24, 2.45) is 0 Å². The zero-order valence-corrected chi connectivity index (χ0v) is 11.4. The van der Waals surface area contributed by atoms with Crippen LogP contribution in [-0.2, 0) is 20.8 Å². The van der Waals surface area contributed by atoms with Crippen molar-refractivity contribution in [3.8, 4) is 5.75 Å². The van der Waals surface area contributed by atoms with Gasteiger partial charge in [-0.05, 0) is 17.7 Å². The number of phenolic OH excluding ortho intramolecular Hbond substituents is 1. The number of rotatable bonds is 11. The van der Waals surface area contributed by atoms with Crippen LogP contribution in [0.2, 0.25) is 0 Å². The molecular formula is C14H23NO4.